The van der Waals surface area contributed by atoms with Crippen LogP contribution in [-0.2, 0) is 0 Å². The zero-order valence-corrected chi connectivity index (χ0v) is 9.74. The number of benzene rings is 1. The standard InChI is InChI=1S/C12H18N2O/c1-8(2)14(4)12(15)10-5-9(3)6-11(13)7-10/h5-8H,13H2,1-4H3. The van der Waals surface area contributed by atoms with Crippen LogP contribution in [0.1, 0.15) is 29.8 Å². The lowest BCUT2D eigenvalue weighted by Gasteiger charge is -2.21. The number of rotatable bonds is 2. The van der Waals surface area contributed by atoms with Crippen LogP contribution < -0.4 is 5.73 Å². The van der Waals surface area contributed by atoms with Gasteiger partial charge in [-0.3, -0.25) is 4.79 Å². The van der Waals surface area contributed by atoms with Gasteiger partial charge in [0.15, 0.2) is 0 Å². The molecule has 1 aromatic carbocycles. The molecular weight excluding hydrogens is 188 g/mol. The summed E-state index contributed by atoms with van der Waals surface area (Å²) in [6, 6.07) is 5.62. The number of hydrogen-bond donors (Lipinski definition) is 1. The van der Waals surface area contributed by atoms with E-state index in [-0.39, 0.29) is 11.9 Å². The Hall–Kier alpha value is -1.51. The van der Waals surface area contributed by atoms with Gasteiger partial charge >= 0.3 is 0 Å². The molecule has 0 saturated carbocycles. The molecule has 15 heavy (non-hydrogen) atoms. The van der Waals surface area contributed by atoms with E-state index in [1.54, 1.807) is 18.0 Å². The molecule has 0 aliphatic carbocycles. The minimum absolute atomic E-state index is 0.0143. The molecule has 0 aliphatic heterocycles. The molecule has 3 nitrogen and oxygen atoms in total. The number of anilines is 1. The van der Waals surface area contributed by atoms with Crippen molar-refractivity contribution in [3.05, 3.63) is 29.3 Å². The third-order valence-corrected chi connectivity index (χ3v) is 2.44. The monoisotopic (exact) mass is 206 g/mol. The molecule has 1 amide bonds. The van der Waals surface area contributed by atoms with Crippen molar-refractivity contribution in [3.8, 4) is 0 Å². The summed E-state index contributed by atoms with van der Waals surface area (Å²) in [5.41, 5.74) is 8.00. The summed E-state index contributed by atoms with van der Waals surface area (Å²) in [5.74, 6) is 0.0143. The van der Waals surface area contributed by atoms with E-state index in [0.29, 0.717) is 11.3 Å². The van der Waals surface area contributed by atoms with Gasteiger partial charge in [-0.05, 0) is 44.5 Å². The van der Waals surface area contributed by atoms with Crippen LogP contribution in [0.25, 0.3) is 0 Å². The molecule has 2 N–H and O–H groups in total. The average molecular weight is 206 g/mol. The third kappa shape index (κ3) is 2.72. The fourth-order valence-electron chi connectivity index (χ4n) is 1.37. The number of nitrogen functional groups attached to an aromatic ring is 1. The van der Waals surface area contributed by atoms with E-state index in [4.69, 9.17) is 5.73 Å². The van der Waals surface area contributed by atoms with Crippen molar-refractivity contribution < 1.29 is 4.79 Å². The molecule has 0 spiro atoms. The van der Waals surface area contributed by atoms with Gasteiger partial charge in [-0.15, -0.1) is 0 Å². The highest BCUT2D eigenvalue weighted by atomic mass is 16.2. The van der Waals surface area contributed by atoms with Crippen molar-refractivity contribution in [1.29, 1.82) is 0 Å². The Morgan fingerprint density at radius 3 is 2.40 bits per heavy atom. The van der Waals surface area contributed by atoms with E-state index in [9.17, 15) is 4.79 Å². The lowest BCUT2D eigenvalue weighted by molar-refractivity contribution is 0.0755. The summed E-state index contributed by atoms with van der Waals surface area (Å²) in [6.07, 6.45) is 0. The van der Waals surface area contributed by atoms with Gasteiger partial charge in [0.2, 0.25) is 0 Å². The minimum atomic E-state index is 0.0143. The number of carbonyl (C=O) groups excluding carboxylic acids is 1. The Balaban J connectivity index is 3.01. The van der Waals surface area contributed by atoms with Crippen molar-refractivity contribution >= 4 is 11.6 Å². The zero-order valence-electron chi connectivity index (χ0n) is 9.74. The van der Waals surface area contributed by atoms with Gasteiger partial charge in [0.05, 0.1) is 0 Å². The van der Waals surface area contributed by atoms with Crippen LogP contribution in [0.2, 0.25) is 0 Å². The maximum absolute atomic E-state index is 12.0. The quantitative estimate of drug-likeness (QED) is 0.753. The van der Waals surface area contributed by atoms with E-state index in [0.717, 1.165) is 5.56 Å². The highest BCUT2D eigenvalue weighted by molar-refractivity contribution is 5.95. The molecule has 82 valence electrons. The fourth-order valence-corrected chi connectivity index (χ4v) is 1.37. The van der Waals surface area contributed by atoms with Crippen molar-refractivity contribution in [2.45, 2.75) is 26.8 Å². The van der Waals surface area contributed by atoms with E-state index in [1.807, 2.05) is 32.9 Å². The highest BCUT2D eigenvalue weighted by Crippen LogP contribution is 2.13. The molecule has 0 aliphatic rings. The number of nitrogens with zero attached hydrogens (tertiary/aromatic N) is 1. The number of aryl methyl sites for hydroxylation is 1. The van der Waals surface area contributed by atoms with Gasteiger partial charge in [0.25, 0.3) is 5.91 Å². The SMILES string of the molecule is Cc1cc(N)cc(C(=O)N(C)C(C)C)c1. The third-order valence-electron chi connectivity index (χ3n) is 2.44. The van der Waals surface area contributed by atoms with Crippen LogP contribution >= 0.6 is 0 Å². The second-order valence-electron chi connectivity index (χ2n) is 4.14. The van der Waals surface area contributed by atoms with E-state index >= 15 is 0 Å². The first-order valence-electron chi connectivity index (χ1n) is 5.06. The first-order chi connectivity index (χ1) is 6.91. The van der Waals surface area contributed by atoms with Crippen LogP contribution in [-0.4, -0.2) is 23.9 Å². The van der Waals surface area contributed by atoms with E-state index in [1.165, 1.54) is 0 Å². The lowest BCUT2D eigenvalue weighted by atomic mass is 10.1. The van der Waals surface area contributed by atoms with Gasteiger partial charge in [-0.2, -0.15) is 0 Å². The van der Waals surface area contributed by atoms with Crippen LogP contribution in [0.5, 0.6) is 0 Å². The van der Waals surface area contributed by atoms with Gasteiger partial charge in [-0.25, -0.2) is 0 Å². The van der Waals surface area contributed by atoms with Gasteiger partial charge in [0, 0.05) is 24.3 Å². The first kappa shape index (κ1) is 11.6. The number of amides is 1. The van der Waals surface area contributed by atoms with Crippen molar-refractivity contribution in [1.82, 2.24) is 4.90 Å². The normalized spacial score (nSPS) is 10.5. The summed E-state index contributed by atoms with van der Waals surface area (Å²) < 4.78 is 0. The highest BCUT2D eigenvalue weighted by Gasteiger charge is 2.14. The Bertz CT molecular complexity index is 352. The summed E-state index contributed by atoms with van der Waals surface area (Å²) in [5, 5.41) is 0. The molecular formula is C12H18N2O. The largest absolute Gasteiger partial charge is 0.399 e. The van der Waals surface area contributed by atoms with Gasteiger partial charge in [-0.1, -0.05) is 0 Å². The molecule has 0 aromatic heterocycles. The first-order valence-corrected chi connectivity index (χ1v) is 5.06. The summed E-state index contributed by atoms with van der Waals surface area (Å²) in [6.45, 7) is 5.90. The van der Waals surface area contributed by atoms with Crippen molar-refractivity contribution in [2.24, 2.45) is 0 Å². The van der Waals surface area contributed by atoms with Crippen LogP contribution in [0.3, 0.4) is 0 Å². The molecule has 0 atom stereocenters. The topological polar surface area (TPSA) is 46.3 Å². The predicted octanol–water partition coefficient (Wildman–Crippen LogP) is 2.06. The molecule has 0 saturated heterocycles. The second-order valence-corrected chi connectivity index (χ2v) is 4.14. The van der Waals surface area contributed by atoms with Crippen LogP contribution in [0.4, 0.5) is 5.69 Å². The number of carbonyl (C=O) groups is 1. The number of hydrogen-bond acceptors (Lipinski definition) is 2. The van der Waals surface area contributed by atoms with Crippen molar-refractivity contribution in [3.63, 3.8) is 0 Å². The Labute approximate surface area is 90.9 Å². The smallest absolute Gasteiger partial charge is 0.253 e. The molecule has 0 radical (unpaired) electrons. The Kier molecular flexibility index (Phi) is 3.35. The molecule has 0 fully saturated rings. The summed E-state index contributed by atoms with van der Waals surface area (Å²) in [7, 11) is 1.80. The lowest BCUT2D eigenvalue weighted by Crippen LogP contribution is -2.33. The van der Waals surface area contributed by atoms with Gasteiger partial charge < -0.3 is 10.6 Å². The van der Waals surface area contributed by atoms with Crippen LogP contribution in [0.15, 0.2) is 18.2 Å². The molecule has 1 aromatic rings. The van der Waals surface area contributed by atoms with E-state index < -0.39 is 0 Å². The molecule has 1 rings (SSSR count). The minimum Gasteiger partial charge on any atom is -0.399 e. The second kappa shape index (κ2) is 4.34. The summed E-state index contributed by atoms with van der Waals surface area (Å²) >= 11 is 0. The maximum Gasteiger partial charge on any atom is 0.253 e. The zero-order chi connectivity index (χ0) is 11.6. The average Bonchev–Trinajstić information content (AvgIpc) is 2.13. The molecule has 0 bridgehead atoms. The predicted molar refractivity (Wildman–Crippen MR) is 62.8 cm³/mol. The van der Waals surface area contributed by atoms with E-state index in [2.05, 4.69) is 0 Å². The Morgan fingerprint density at radius 1 is 1.33 bits per heavy atom. The fraction of sp³-hybridized carbons (Fsp3) is 0.417. The summed E-state index contributed by atoms with van der Waals surface area (Å²) in [4.78, 5) is 13.7. The molecule has 0 unspecified atom stereocenters. The van der Waals surface area contributed by atoms with Crippen LogP contribution in [0, 0.1) is 6.92 Å². The van der Waals surface area contributed by atoms with Gasteiger partial charge in [0.1, 0.15) is 0 Å². The Morgan fingerprint density at radius 2 is 1.93 bits per heavy atom. The number of nitrogens with two attached hydrogens (primary N) is 1. The van der Waals surface area contributed by atoms with Crippen molar-refractivity contribution in [2.75, 3.05) is 12.8 Å². The maximum atomic E-state index is 12.0. The molecule has 3 heteroatoms. The molecule has 0 heterocycles.